The minimum absolute atomic E-state index is 0.0914. The molecular formula is C12H26O3. The van der Waals surface area contributed by atoms with Gasteiger partial charge in [-0.3, -0.25) is 0 Å². The Bertz CT molecular complexity index is 117. The smallest absolute Gasteiger partial charge is 0.0701 e. The van der Waals surface area contributed by atoms with Crippen LogP contribution in [0.3, 0.4) is 0 Å². The Balaban J connectivity index is 3.22. The highest BCUT2D eigenvalue weighted by atomic mass is 16.5. The summed E-state index contributed by atoms with van der Waals surface area (Å²) in [6.07, 6.45) is 5.01. The van der Waals surface area contributed by atoms with Crippen molar-refractivity contribution in [1.82, 2.24) is 0 Å². The van der Waals surface area contributed by atoms with Crippen LogP contribution in [0, 0.1) is 5.92 Å². The van der Waals surface area contributed by atoms with Gasteiger partial charge in [0.25, 0.3) is 0 Å². The summed E-state index contributed by atoms with van der Waals surface area (Å²) in [7, 11) is 0. The largest absolute Gasteiger partial charge is 0.394 e. The van der Waals surface area contributed by atoms with Gasteiger partial charge in [0.1, 0.15) is 0 Å². The zero-order valence-corrected chi connectivity index (χ0v) is 10.2. The molecule has 15 heavy (non-hydrogen) atoms. The summed E-state index contributed by atoms with van der Waals surface area (Å²) in [6.45, 7) is 7.01. The van der Waals surface area contributed by atoms with E-state index in [2.05, 4.69) is 13.8 Å². The van der Waals surface area contributed by atoms with Gasteiger partial charge in [0, 0.05) is 6.61 Å². The standard InChI is InChI=1S/C12H26O3/c1-3-5-6-12(4-2)11-15-10-9-14-8-7-13/h12-13H,3-11H2,1-2H3. The van der Waals surface area contributed by atoms with Gasteiger partial charge in [0.15, 0.2) is 0 Å². The summed E-state index contributed by atoms with van der Waals surface area (Å²) in [5.74, 6) is 0.697. The molecule has 1 atom stereocenters. The van der Waals surface area contributed by atoms with Crippen molar-refractivity contribution in [2.45, 2.75) is 39.5 Å². The van der Waals surface area contributed by atoms with Crippen molar-refractivity contribution in [3.05, 3.63) is 0 Å². The van der Waals surface area contributed by atoms with Gasteiger partial charge in [-0.25, -0.2) is 0 Å². The molecule has 0 amide bonds. The molecule has 0 aromatic heterocycles. The maximum absolute atomic E-state index is 8.48. The molecule has 0 fully saturated rings. The Hall–Kier alpha value is -0.120. The van der Waals surface area contributed by atoms with E-state index in [1.165, 1.54) is 25.7 Å². The highest BCUT2D eigenvalue weighted by Gasteiger charge is 2.05. The second-order valence-corrected chi connectivity index (χ2v) is 3.83. The lowest BCUT2D eigenvalue weighted by atomic mass is 10.0. The molecule has 0 rings (SSSR count). The normalized spacial score (nSPS) is 13.0. The second kappa shape index (κ2) is 12.0. The highest BCUT2D eigenvalue weighted by molar-refractivity contribution is 4.55. The summed E-state index contributed by atoms with van der Waals surface area (Å²) in [4.78, 5) is 0. The van der Waals surface area contributed by atoms with Crippen molar-refractivity contribution in [3.63, 3.8) is 0 Å². The van der Waals surface area contributed by atoms with Crippen LogP contribution in [-0.4, -0.2) is 38.1 Å². The molecule has 0 radical (unpaired) electrons. The fourth-order valence-corrected chi connectivity index (χ4v) is 1.43. The van der Waals surface area contributed by atoms with E-state index in [0.29, 0.717) is 25.7 Å². The Morgan fingerprint density at radius 1 is 1.07 bits per heavy atom. The predicted octanol–water partition coefficient (Wildman–Crippen LogP) is 2.23. The van der Waals surface area contributed by atoms with Crippen molar-refractivity contribution in [1.29, 1.82) is 0 Å². The third-order valence-corrected chi connectivity index (χ3v) is 2.50. The van der Waals surface area contributed by atoms with Crippen LogP contribution in [0.25, 0.3) is 0 Å². The van der Waals surface area contributed by atoms with Crippen molar-refractivity contribution >= 4 is 0 Å². The van der Waals surface area contributed by atoms with Gasteiger partial charge in [-0.2, -0.15) is 0 Å². The fourth-order valence-electron chi connectivity index (χ4n) is 1.43. The Kier molecular flexibility index (Phi) is 11.9. The number of hydrogen-bond acceptors (Lipinski definition) is 3. The zero-order valence-electron chi connectivity index (χ0n) is 10.2. The van der Waals surface area contributed by atoms with Gasteiger partial charge in [-0.1, -0.05) is 33.1 Å². The molecule has 0 saturated heterocycles. The van der Waals surface area contributed by atoms with Gasteiger partial charge in [0.05, 0.1) is 26.4 Å². The highest BCUT2D eigenvalue weighted by Crippen LogP contribution is 2.12. The van der Waals surface area contributed by atoms with Gasteiger partial charge >= 0.3 is 0 Å². The Morgan fingerprint density at radius 2 is 1.80 bits per heavy atom. The van der Waals surface area contributed by atoms with Gasteiger partial charge < -0.3 is 14.6 Å². The molecule has 92 valence electrons. The molecule has 1 unspecified atom stereocenters. The third-order valence-electron chi connectivity index (χ3n) is 2.50. The zero-order chi connectivity index (χ0) is 11.4. The van der Waals surface area contributed by atoms with E-state index < -0.39 is 0 Å². The monoisotopic (exact) mass is 218 g/mol. The van der Waals surface area contributed by atoms with Crippen LogP contribution in [0.15, 0.2) is 0 Å². The van der Waals surface area contributed by atoms with E-state index in [9.17, 15) is 0 Å². The predicted molar refractivity (Wildman–Crippen MR) is 62.0 cm³/mol. The van der Waals surface area contributed by atoms with Gasteiger partial charge in [-0.15, -0.1) is 0 Å². The first-order chi connectivity index (χ1) is 7.35. The van der Waals surface area contributed by atoms with E-state index in [-0.39, 0.29) is 6.61 Å². The van der Waals surface area contributed by atoms with Crippen LogP contribution in [0.1, 0.15) is 39.5 Å². The topological polar surface area (TPSA) is 38.7 Å². The number of aliphatic hydroxyl groups is 1. The van der Waals surface area contributed by atoms with Crippen molar-refractivity contribution < 1.29 is 14.6 Å². The minimum Gasteiger partial charge on any atom is -0.394 e. The molecule has 0 aliphatic carbocycles. The lowest BCUT2D eigenvalue weighted by Gasteiger charge is -2.14. The molecule has 0 aromatic rings. The molecule has 0 heterocycles. The fraction of sp³-hybridized carbons (Fsp3) is 1.00. The van der Waals surface area contributed by atoms with E-state index in [1.54, 1.807) is 0 Å². The quantitative estimate of drug-likeness (QED) is 0.540. The second-order valence-electron chi connectivity index (χ2n) is 3.83. The molecule has 3 nitrogen and oxygen atoms in total. The molecule has 0 aliphatic heterocycles. The SMILES string of the molecule is CCCCC(CC)COCCOCCO. The minimum atomic E-state index is 0.0914. The molecule has 1 N–H and O–H groups in total. The Labute approximate surface area is 93.8 Å². The lowest BCUT2D eigenvalue weighted by molar-refractivity contribution is 0.0204. The van der Waals surface area contributed by atoms with Gasteiger partial charge in [0.2, 0.25) is 0 Å². The summed E-state index contributed by atoms with van der Waals surface area (Å²) >= 11 is 0. The number of hydrogen-bond donors (Lipinski definition) is 1. The van der Waals surface area contributed by atoms with Crippen LogP contribution in [0.5, 0.6) is 0 Å². The van der Waals surface area contributed by atoms with Crippen molar-refractivity contribution in [3.8, 4) is 0 Å². The van der Waals surface area contributed by atoms with Crippen molar-refractivity contribution in [2.24, 2.45) is 5.92 Å². The van der Waals surface area contributed by atoms with Crippen LogP contribution >= 0.6 is 0 Å². The molecule has 0 saturated carbocycles. The van der Waals surface area contributed by atoms with Gasteiger partial charge in [-0.05, 0) is 12.3 Å². The summed E-state index contributed by atoms with van der Waals surface area (Å²) in [5, 5.41) is 8.48. The Morgan fingerprint density at radius 3 is 2.40 bits per heavy atom. The van der Waals surface area contributed by atoms with Crippen LogP contribution in [0.4, 0.5) is 0 Å². The molecule has 3 heteroatoms. The summed E-state index contributed by atoms with van der Waals surface area (Å²) in [6, 6.07) is 0. The maximum Gasteiger partial charge on any atom is 0.0701 e. The molecule has 0 aromatic carbocycles. The number of aliphatic hydroxyl groups excluding tert-OH is 1. The summed E-state index contributed by atoms with van der Waals surface area (Å²) < 4.78 is 10.6. The van der Waals surface area contributed by atoms with Crippen LogP contribution in [-0.2, 0) is 9.47 Å². The maximum atomic E-state index is 8.48. The average Bonchev–Trinajstić information content (AvgIpc) is 2.27. The number of unbranched alkanes of at least 4 members (excludes halogenated alkanes) is 1. The third kappa shape index (κ3) is 10.2. The first kappa shape index (κ1) is 14.9. The number of ether oxygens (including phenoxy) is 2. The molecule has 0 bridgehead atoms. The molecular weight excluding hydrogens is 192 g/mol. The first-order valence-corrected chi connectivity index (χ1v) is 6.11. The van der Waals surface area contributed by atoms with E-state index in [4.69, 9.17) is 14.6 Å². The van der Waals surface area contributed by atoms with Crippen molar-refractivity contribution in [2.75, 3.05) is 33.0 Å². The van der Waals surface area contributed by atoms with Crippen LogP contribution < -0.4 is 0 Å². The summed E-state index contributed by atoms with van der Waals surface area (Å²) in [5.41, 5.74) is 0. The van der Waals surface area contributed by atoms with Crippen LogP contribution in [0.2, 0.25) is 0 Å². The first-order valence-electron chi connectivity index (χ1n) is 6.11. The molecule has 0 aliphatic rings. The average molecular weight is 218 g/mol. The molecule has 0 spiro atoms. The van der Waals surface area contributed by atoms with E-state index in [1.807, 2.05) is 0 Å². The number of rotatable bonds is 11. The lowest BCUT2D eigenvalue weighted by Crippen LogP contribution is -2.13. The van der Waals surface area contributed by atoms with E-state index in [0.717, 1.165) is 6.61 Å². The van der Waals surface area contributed by atoms with E-state index >= 15 is 0 Å².